The summed E-state index contributed by atoms with van der Waals surface area (Å²) < 4.78 is 5.39. The van der Waals surface area contributed by atoms with Crippen molar-refractivity contribution in [2.75, 3.05) is 0 Å². The highest BCUT2D eigenvalue weighted by Crippen LogP contribution is 2.26. The average molecular weight is 276 g/mol. The third kappa shape index (κ3) is 4.37. The van der Waals surface area contributed by atoms with Crippen LogP contribution in [0.4, 0.5) is 0 Å². The number of carboxylic acid groups (broad SMARTS) is 1. The van der Waals surface area contributed by atoms with Gasteiger partial charge in [0.15, 0.2) is 0 Å². The van der Waals surface area contributed by atoms with Crippen LogP contribution in [-0.4, -0.2) is 23.1 Å². The van der Waals surface area contributed by atoms with Crippen molar-refractivity contribution in [2.45, 2.75) is 44.6 Å². The molecule has 1 aromatic carbocycles. The number of aliphatic carboxylic acids is 1. The fourth-order valence-corrected chi connectivity index (χ4v) is 2.61. The summed E-state index contributed by atoms with van der Waals surface area (Å²) in [7, 11) is 0. The molecule has 108 valence electrons. The van der Waals surface area contributed by atoms with Gasteiger partial charge in [0.05, 0.1) is 5.92 Å². The first-order valence-electron chi connectivity index (χ1n) is 7.11. The first kappa shape index (κ1) is 14.6. The quantitative estimate of drug-likeness (QED) is 0.840. The van der Waals surface area contributed by atoms with E-state index in [9.17, 15) is 9.59 Å². The molecule has 1 aliphatic rings. The molecule has 2 atom stereocenters. The Bertz CT molecular complexity index is 455. The van der Waals surface area contributed by atoms with E-state index in [1.807, 2.05) is 30.3 Å². The number of ether oxygens (including phenoxy) is 1. The third-order valence-corrected chi connectivity index (χ3v) is 3.73. The van der Waals surface area contributed by atoms with E-state index in [2.05, 4.69) is 0 Å². The van der Waals surface area contributed by atoms with Gasteiger partial charge in [-0.2, -0.15) is 0 Å². The van der Waals surface area contributed by atoms with E-state index in [4.69, 9.17) is 9.84 Å². The number of benzene rings is 1. The van der Waals surface area contributed by atoms with Crippen molar-refractivity contribution in [3.05, 3.63) is 35.9 Å². The van der Waals surface area contributed by atoms with Gasteiger partial charge in [-0.05, 0) is 37.7 Å². The number of carboxylic acids is 1. The molecule has 4 nitrogen and oxygen atoms in total. The molecule has 1 aromatic rings. The highest BCUT2D eigenvalue weighted by molar-refractivity contribution is 5.71. The van der Waals surface area contributed by atoms with Gasteiger partial charge in [-0.25, -0.2) is 0 Å². The molecule has 2 unspecified atom stereocenters. The number of carbonyl (C=O) groups is 2. The van der Waals surface area contributed by atoms with E-state index in [0.717, 1.165) is 18.4 Å². The Morgan fingerprint density at radius 1 is 1.20 bits per heavy atom. The van der Waals surface area contributed by atoms with Gasteiger partial charge in [0.1, 0.15) is 6.10 Å². The molecule has 0 saturated heterocycles. The van der Waals surface area contributed by atoms with Crippen molar-refractivity contribution in [1.29, 1.82) is 0 Å². The van der Waals surface area contributed by atoms with Gasteiger partial charge in [0, 0.05) is 6.42 Å². The molecule has 0 amide bonds. The van der Waals surface area contributed by atoms with Crippen molar-refractivity contribution in [2.24, 2.45) is 5.92 Å². The largest absolute Gasteiger partial charge is 0.481 e. The maximum absolute atomic E-state index is 11.8. The minimum Gasteiger partial charge on any atom is -0.481 e. The zero-order chi connectivity index (χ0) is 14.4. The molecule has 0 aliphatic heterocycles. The van der Waals surface area contributed by atoms with Crippen LogP contribution < -0.4 is 0 Å². The topological polar surface area (TPSA) is 63.6 Å². The highest BCUT2D eigenvalue weighted by atomic mass is 16.5. The number of carbonyl (C=O) groups excluding carboxylic acids is 1. The Morgan fingerprint density at radius 3 is 2.65 bits per heavy atom. The van der Waals surface area contributed by atoms with Gasteiger partial charge in [0.2, 0.25) is 0 Å². The van der Waals surface area contributed by atoms with Crippen molar-refractivity contribution in [3.8, 4) is 0 Å². The molecular weight excluding hydrogens is 256 g/mol. The van der Waals surface area contributed by atoms with Crippen LogP contribution in [0.25, 0.3) is 0 Å². The van der Waals surface area contributed by atoms with Crippen molar-refractivity contribution < 1.29 is 19.4 Å². The Balaban J connectivity index is 1.75. The summed E-state index contributed by atoms with van der Waals surface area (Å²) in [5, 5.41) is 9.00. The average Bonchev–Trinajstić information content (AvgIpc) is 2.46. The zero-order valence-corrected chi connectivity index (χ0v) is 11.5. The van der Waals surface area contributed by atoms with Gasteiger partial charge in [-0.1, -0.05) is 30.3 Å². The fourth-order valence-electron chi connectivity index (χ4n) is 2.61. The Hall–Kier alpha value is -1.84. The SMILES string of the molecule is O=C(CCc1ccccc1)OC1CCCC(C(=O)O)C1. The first-order valence-corrected chi connectivity index (χ1v) is 7.11. The lowest BCUT2D eigenvalue weighted by Gasteiger charge is -2.26. The molecule has 1 aliphatic carbocycles. The van der Waals surface area contributed by atoms with Crippen LogP contribution in [0.15, 0.2) is 30.3 Å². The van der Waals surface area contributed by atoms with E-state index >= 15 is 0 Å². The molecule has 2 rings (SSSR count). The van der Waals surface area contributed by atoms with E-state index in [1.165, 1.54) is 0 Å². The van der Waals surface area contributed by atoms with Crippen LogP contribution in [-0.2, 0) is 20.7 Å². The van der Waals surface area contributed by atoms with E-state index < -0.39 is 5.97 Å². The molecule has 20 heavy (non-hydrogen) atoms. The molecule has 1 N–H and O–H groups in total. The standard InChI is InChI=1S/C16H20O4/c17-15(10-9-12-5-2-1-3-6-12)20-14-8-4-7-13(11-14)16(18)19/h1-3,5-6,13-14H,4,7-11H2,(H,18,19). The van der Waals surface area contributed by atoms with Crippen LogP contribution >= 0.6 is 0 Å². The van der Waals surface area contributed by atoms with Crippen LogP contribution in [0.5, 0.6) is 0 Å². The number of esters is 1. The van der Waals surface area contributed by atoms with Crippen molar-refractivity contribution >= 4 is 11.9 Å². The highest BCUT2D eigenvalue weighted by Gasteiger charge is 2.28. The van der Waals surface area contributed by atoms with Gasteiger partial charge in [-0.15, -0.1) is 0 Å². The summed E-state index contributed by atoms with van der Waals surface area (Å²) in [6.07, 6.45) is 3.51. The summed E-state index contributed by atoms with van der Waals surface area (Å²) in [6.45, 7) is 0. The normalized spacial score (nSPS) is 22.2. The molecule has 0 heterocycles. The summed E-state index contributed by atoms with van der Waals surface area (Å²) >= 11 is 0. The first-order chi connectivity index (χ1) is 9.65. The summed E-state index contributed by atoms with van der Waals surface area (Å²) in [4.78, 5) is 22.7. The lowest BCUT2D eigenvalue weighted by Crippen LogP contribution is -2.29. The number of rotatable bonds is 5. The Labute approximate surface area is 118 Å². The van der Waals surface area contributed by atoms with E-state index in [-0.39, 0.29) is 18.0 Å². The minimum atomic E-state index is -0.782. The lowest BCUT2D eigenvalue weighted by atomic mass is 9.87. The second kappa shape index (κ2) is 7.08. The fraction of sp³-hybridized carbons (Fsp3) is 0.500. The summed E-state index contributed by atoms with van der Waals surface area (Å²) in [5.74, 6) is -1.38. The molecule has 4 heteroatoms. The van der Waals surface area contributed by atoms with Gasteiger partial charge < -0.3 is 9.84 Å². The number of aryl methyl sites for hydroxylation is 1. The maximum Gasteiger partial charge on any atom is 0.306 e. The predicted molar refractivity (Wildman–Crippen MR) is 74.2 cm³/mol. The second-order valence-corrected chi connectivity index (χ2v) is 5.30. The monoisotopic (exact) mass is 276 g/mol. The molecule has 1 fully saturated rings. The predicted octanol–water partition coefficient (Wildman–Crippen LogP) is 2.81. The van der Waals surface area contributed by atoms with Crippen LogP contribution in [0, 0.1) is 5.92 Å². The van der Waals surface area contributed by atoms with Crippen molar-refractivity contribution in [3.63, 3.8) is 0 Å². The van der Waals surface area contributed by atoms with Gasteiger partial charge >= 0.3 is 11.9 Å². The number of hydrogen-bond donors (Lipinski definition) is 1. The number of hydrogen-bond acceptors (Lipinski definition) is 3. The third-order valence-electron chi connectivity index (χ3n) is 3.73. The molecule has 0 bridgehead atoms. The van der Waals surface area contributed by atoms with E-state index in [0.29, 0.717) is 25.7 Å². The van der Waals surface area contributed by atoms with Crippen molar-refractivity contribution in [1.82, 2.24) is 0 Å². The van der Waals surface area contributed by atoms with E-state index in [1.54, 1.807) is 0 Å². The molecule has 0 radical (unpaired) electrons. The maximum atomic E-state index is 11.8. The van der Waals surface area contributed by atoms with Gasteiger partial charge in [-0.3, -0.25) is 9.59 Å². The molecule has 0 aromatic heterocycles. The summed E-state index contributed by atoms with van der Waals surface area (Å²) in [5.41, 5.74) is 1.11. The van der Waals surface area contributed by atoms with Crippen LogP contribution in [0.2, 0.25) is 0 Å². The van der Waals surface area contributed by atoms with Crippen LogP contribution in [0.1, 0.15) is 37.7 Å². The molecule has 0 spiro atoms. The molecule has 1 saturated carbocycles. The van der Waals surface area contributed by atoms with Crippen LogP contribution in [0.3, 0.4) is 0 Å². The molecular formula is C16H20O4. The second-order valence-electron chi connectivity index (χ2n) is 5.30. The zero-order valence-electron chi connectivity index (χ0n) is 11.5. The Kier molecular flexibility index (Phi) is 5.16. The Morgan fingerprint density at radius 2 is 1.95 bits per heavy atom. The smallest absolute Gasteiger partial charge is 0.306 e. The summed E-state index contributed by atoms with van der Waals surface area (Å²) in [6, 6.07) is 9.79. The minimum absolute atomic E-state index is 0.229. The van der Waals surface area contributed by atoms with Gasteiger partial charge in [0.25, 0.3) is 0 Å². The lowest BCUT2D eigenvalue weighted by molar-refractivity contribution is -0.155.